The van der Waals surface area contributed by atoms with E-state index in [0.717, 1.165) is 28.4 Å². The predicted molar refractivity (Wildman–Crippen MR) is 268 cm³/mol. The Hall–Kier alpha value is -8.08. The van der Waals surface area contributed by atoms with Crippen molar-refractivity contribution in [3.63, 3.8) is 0 Å². The van der Waals surface area contributed by atoms with Gasteiger partial charge in [0.25, 0.3) is 6.71 Å². The van der Waals surface area contributed by atoms with Gasteiger partial charge in [-0.05, 0) is 129 Å². The van der Waals surface area contributed by atoms with Crippen molar-refractivity contribution in [1.82, 2.24) is 0 Å². The third-order valence-corrected chi connectivity index (χ3v) is 12.8. The van der Waals surface area contributed by atoms with Crippen LogP contribution in [0.5, 0.6) is 0 Å². The summed E-state index contributed by atoms with van der Waals surface area (Å²) in [6.45, 7) is 2.19. The van der Waals surface area contributed by atoms with Gasteiger partial charge in [0, 0.05) is 50.9 Å². The summed E-state index contributed by atoms with van der Waals surface area (Å²) < 4.78 is 0. The molecule has 0 unspecified atom stereocenters. The van der Waals surface area contributed by atoms with Crippen molar-refractivity contribution in [3.8, 4) is 22.3 Å². The van der Waals surface area contributed by atoms with Crippen LogP contribution in [0.2, 0.25) is 0 Å². The molecule has 10 aromatic carbocycles. The highest BCUT2D eigenvalue weighted by Crippen LogP contribution is 2.49. The van der Waals surface area contributed by atoms with E-state index in [1.54, 1.807) is 0 Å². The van der Waals surface area contributed by atoms with Gasteiger partial charge in [-0.2, -0.15) is 0 Å². The Balaban J connectivity index is 1.19. The van der Waals surface area contributed by atoms with Gasteiger partial charge in [-0.25, -0.2) is 0 Å². The maximum absolute atomic E-state index is 2.54. The second kappa shape index (κ2) is 15.1. The summed E-state index contributed by atoms with van der Waals surface area (Å²) in [6, 6.07) is 86.6. The molecule has 10 aromatic rings. The number of anilines is 9. The Labute approximate surface area is 369 Å². The van der Waals surface area contributed by atoms with Crippen LogP contribution in [0.1, 0.15) is 5.56 Å². The monoisotopic (exact) mass is 803 g/mol. The lowest BCUT2D eigenvalue weighted by molar-refractivity contribution is 1.23. The highest BCUT2D eigenvalue weighted by atomic mass is 15.2. The van der Waals surface area contributed by atoms with Crippen LogP contribution < -0.4 is 31.1 Å². The molecule has 0 aliphatic carbocycles. The van der Waals surface area contributed by atoms with Crippen LogP contribution in [-0.4, -0.2) is 6.71 Å². The van der Waals surface area contributed by atoms with Crippen LogP contribution in [0.15, 0.2) is 237 Å². The molecule has 2 aliphatic heterocycles. The summed E-state index contributed by atoms with van der Waals surface area (Å²) in [5, 5.41) is 2.44. The third kappa shape index (κ3) is 6.14. The van der Waals surface area contributed by atoms with E-state index in [2.05, 4.69) is 258 Å². The fraction of sp³-hybridized carbons (Fsp3) is 0.0169. The molecular formula is C59H42BN3. The highest BCUT2D eigenvalue weighted by Gasteiger charge is 2.45. The quantitative estimate of drug-likeness (QED) is 0.149. The number of nitrogens with zero attached hydrogens (tertiary/aromatic N) is 3. The number of fused-ring (bicyclic) bond motifs is 6. The van der Waals surface area contributed by atoms with Crippen LogP contribution in [-0.2, 0) is 0 Å². The summed E-state index contributed by atoms with van der Waals surface area (Å²) in [7, 11) is 0. The first kappa shape index (κ1) is 36.7. The first-order valence-corrected chi connectivity index (χ1v) is 21.8. The lowest BCUT2D eigenvalue weighted by Gasteiger charge is -2.45. The van der Waals surface area contributed by atoms with Crippen molar-refractivity contribution in [3.05, 3.63) is 242 Å². The van der Waals surface area contributed by atoms with Crippen molar-refractivity contribution >= 4 is 85.1 Å². The Kier molecular flexibility index (Phi) is 8.82. The lowest BCUT2D eigenvalue weighted by Crippen LogP contribution is -2.61. The largest absolute Gasteiger partial charge is 0.311 e. The van der Waals surface area contributed by atoms with Crippen LogP contribution in [0.25, 0.3) is 33.0 Å². The minimum Gasteiger partial charge on any atom is -0.311 e. The first-order chi connectivity index (χ1) is 31.2. The molecule has 296 valence electrons. The number of rotatable bonds is 7. The molecule has 0 fully saturated rings. The topological polar surface area (TPSA) is 9.72 Å². The summed E-state index contributed by atoms with van der Waals surface area (Å²) in [6.07, 6.45) is 0. The molecule has 63 heavy (non-hydrogen) atoms. The van der Waals surface area contributed by atoms with E-state index in [9.17, 15) is 0 Å². The summed E-state index contributed by atoms with van der Waals surface area (Å²) in [4.78, 5) is 7.49. The standard InChI is InChI=1S/C59H42BN3/c1-41-36-55-59-56(37-41)63(49-31-19-24-44(38-49)42-20-7-2-8-21-42)54-39-45(43-22-9-3-10-23-43)34-35-52(54)60(59)58-51-33-18-17-32-50(51)53(40-57(58)62(55)48-29-15-6-16-30-48)61(46-25-11-4-12-26-46)47-27-13-5-14-28-47/h2-40H,1H3. The molecule has 0 radical (unpaired) electrons. The molecular weight excluding hydrogens is 761 g/mol. The Morgan fingerprint density at radius 1 is 0.349 bits per heavy atom. The molecule has 4 heteroatoms. The molecule has 0 spiro atoms. The zero-order valence-electron chi connectivity index (χ0n) is 34.9. The predicted octanol–water partition coefficient (Wildman–Crippen LogP) is 14.0. The number of aryl methyl sites for hydroxylation is 1. The molecule has 2 heterocycles. The molecule has 3 nitrogen and oxygen atoms in total. The zero-order chi connectivity index (χ0) is 41.9. The Bertz CT molecular complexity index is 3260. The van der Waals surface area contributed by atoms with Gasteiger partial charge in [0.2, 0.25) is 0 Å². The summed E-state index contributed by atoms with van der Waals surface area (Å²) >= 11 is 0. The van der Waals surface area contributed by atoms with Gasteiger partial charge in [-0.3, -0.25) is 0 Å². The molecule has 0 saturated carbocycles. The number of benzene rings is 10. The van der Waals surface area contributed by atoms with E-state index in [-0.39, 0.29) is 6.71 Å². The molecule has 0 bridgehead atoms. The zero-order valence-corrected chi connectivity index (χ0v) is 34.9. The van der Waals surface area contributed by atoms with Gasteiger partial charge >= 0.3 is 0 Å². The SMILES string of the molecule is Cc1cc2c3c(c1)N(c1ccccc1)c1cc(N(c4ccccc4)c4ccccc4)c4ccccc4c1B3c1ccc(-c3ccccc3)cc1N2c1cccc(-c2ccccc2)c1. The number of hydrogen-bond donors (Lipinski definition) is 0. The lowest BCUT2D eigenvalue weighted by atomic mass is 9.33. The second-order valence-electron chi connectivity index (χ2n) is 16.6. The summed E-state index contributed by atoms with van der Waals surface area (Å²) in [5.41, 5.74) is 20.3. The van der Waals surface area contributed by atoms with E-state index in [1.807, 2.05) is 0 Å². The van der Waals surface area contributed by atoms with Crippen LogP contribution in [0, 0.1) is 6.92 Å². The molecule has 2 aliphatic rings. The van der Waals surface area contributed by atoms with Gasteiger partial charge in [-0.1, -0.05) is 164 Å². The number of para-hydroxylation sites is 3. The normalized spacial score (nSPS) is 12.4. The van der Waals surface area contributed by atoms with Crippen LogP contribution >= 0.6 is 0 Å². The fourth-order valence-corrected chi connectivity index (χ4v) is 10.1. The van der Waals surface area contributed by atoms with Gasteiger partial charge < -0.3 is 14.7 Å². The van der Waals surface area contributed by atoms with Crippen molar-refractivity contribution < 1.29 is 0 Å². The first-order valence-electron chi connectivity index (χ1n) is 21.8. The maximum Gasteiger partial charge on any atom is 0.252 e. The van der Waals surface area contributed by atoms with E-state index in [0.29, 0.717) is 0 Å². The summed E-state index contributed by atoms with van der Waals surface area (Å²) in [5.74, 6) is 0. The van der Waals surface area contributed by atoms with Gasteiger partial charge in [0.05, 0.1) is 5.69 Å². The third-order valence-electron chi connectivity index (χ3n) is 12.8. The Morgan fingerprint density at radius 3 is 1.44 bits per heavy atom. The molecule has 0 N–H and O–H groups in total. The van der Waals surface area contributed by atoms with Crippen LogP contribution in [0.4, 0.5) is 51.2 Å². The van der Waals surface area contributed by atoms with Crippen molar-refractivity contribution in [1.29, 1.82) is 0 Å². The van der Waals surface area contributed by atoms with E-state index < -0.39 is 0 Å². The van der Waals surface area contributed by atoms with Crippen LogP contribution in [0.3, 0.4) is 0 Å². The van der Waals surface area contributed by atoms with Gasteiger partial charge in [0.1, 0.15) is 0 Å². The van der Waals surface area contributed by atoms with Gasteiger partial charge in [0.15, 0.2) is 0 Å². The van der Waals surface area contributed by atoms with Gasteiger partial charge in [-0.15, -0.1) is 0 Å². The minimum absolute atomic E-state index is 0.0557. The highest BCUT2D eigenvalue weighted by molar-refractivity contribution is 7.01. The molecule has 12 rings (SSSR count). The van der Waals surface area contributed by atoms with E-state index in [4.69, 9.17) is 0 Å². The smallest absolute Gasteiger partial charge is 0.252 e. The number of hydrogen-bond acceptors (Lipinski definition) is 3. The average Bonchev–Trinajstić information content (AvgIpc) is 3.35. The molecule has 0 aromatic heterocycles. The maximum atomic E-state index is 2.54. The minimum atomic E-state index is -0.0557. The van der Waals surface area contributed by atoms with Crippen molar-refractivity contribution in [2.45, 2.75) is 6.92 Å². The van der Waals surface area contributed by atoms with Crippen molar-refractivity contribution in [2.75, 3.05) is 14.7 Å². The second-order valence-corrected chi connectivity index (χ2v) is 16.6. The average molecular weight is 804 g/mol. The molecule has 0 atom stereocenters. The Morgan fingerprint density at radius 2 is 0.825 bits per heavy atom. The van der Waals surface area contributed by atoms with Crippen molar-refractivity contribution in [2.24, 2.45) is 0 Å². The fourth-order valence-electron chi connectivity index (χ4n) is 10.1. The van der Waals surface area contributed by atoms with E-state index in [1.165, 1.54) is 77.7 Å². The molecule has 0 amide bonds. The van der Waals surface area contributed by atoms with E-state index >= 15 is 0 Å². The molecule has 0 saturated heterocycles.